The molecule has 4 heteroatoms. The fourth-order valence-electron chi connectivity index (χ4n) is 4.52. The smallest absolute Gasteiger partial charge is 0.107 e. The number of hydrogen-bond acceptors (Lipinski definition) is 4. The molecule has 1 aromatic heterocycles. The molecule has 1 N–H and O–H groups in total. The van der Waals surface area contributed by atoms with Crippen LogP contribution in [0.1, 0.15) is 58.6 Å². The van der Waals surface area contributed by atoms with Crippen molar-refractivity contribution in [1.29, 1.82) is 0 Å². The molecule has 0 radical (unpaired) electrons. The normalized spacial score (nSPS) is 24.8. The summed E-state index contributed by atoms with van der Waals surface area (Å²) in [4.78, 5) is 2.32. The number of hydrogen-bond donors (Lipinski definition) is 1. The van der Waals surface area contributed by atoms with Crippen molar-refractivity contribution in [2.45, 2.75) is 58.5 Å². The van der Waals surface area contributed by atoms with E-state index in [1.165, 1.54) is 0 Å². The molecule has 2 atom stereocenters. The summed E-state index contributed by atoms with van der Waals surface area (Å²) in [6, 6.07) is 4.10. The van der Waals surface area contributed by atoms with Crippen LogP contribution < -0.4 is 5.32 Å². The highest BCUT2D eigenvalue weighted by molar-refractivity contribution is 5.06. The lowest BCUT2D eigenvalue weighted by atomic mass is 9.73. The van der Waals surface area contributed by atoms with Gasteiger partial charge in [0, 0.05) is 31.0 Å². The van der Waals surface area contributed by atoms with E-state index < -0.39 is 0 Å². The van der Waals surface area contributed by atoms with Crippen molar-refractivity contribution < 1.29 is 9.15 Å². The van der Waals surface area contributed by atoms with E-state index in [1.54, 1.807) is 6.26 Å². The Kier molecular flexibility index (Phi) is 7.12. The molecule has 1 aliphatic rings. The van der Waals surface area contributed by atoms with E-state index >= 15 is 0 Å². The Morgan fingerprint density at radius 1 is 1.28 bits per heavy atom. The number of nitrogens with zero attached hydrogens (tertiary/aromatic N) is 1. The van der Waals surface area contributed by atoms with Gasteiger partial charge in [0.1, 0.15) is 5.76 Å². The Bertz CT molecular complexity index is 496. The third-order valence-electron chi connectivity index (χ3n) is 5.42. The minimum atomic E-state index is -0.0232. The fourth-order valence-corrected chi connectivity index (χ4v) is 4.52. The van der Waals surface area contributed by atoms with E-state index in [2.05, 4.69) is 58.1 Å². The predicted molar refractivity (Wildman–Crippen MR) is 104 cm³/mol. The molecule has 0 saturated carbocycles. The van der Waals surface area contributed by atoms with Gasteiger partial charge in [0.2, 0.25) is 0 Å². The van der Waals surface area contributed by atoms with Gasteiger partial charge in [0.15, 0.2) is 0 Å². The highest BCUT2D eigenvalue weighted by atomic mass is 16.5. The van der Waals surface area contributed by atoms with Gasteiger partial charge in [-0.3, -0.25) is 0 Å². The van der Waals surface area contributed by atoms with Gasteiger partial charge in [-0.1, -0.05) is 13.8 Å². The third kappa shape index (κ3) is 6.12. The summed E-state index contributed by atoms with van der Waals surface area (Å²) >= 11 is 0. The molecule has 0 amide bonds. The van der Waals surface area contributed by atoms with Crippen LogP contribution in [-0.4, -0.2) is 50.8 Å². The SMILES string of the molecule is CC(C)[C@H](CCNC[C@@]1(CN(C)C)CCOC(C)(C)C1)c1ccco1. The summed E-state index contributed by atoms with van der Waals surface area (Å²) in [6.07, 6.45) is 5.14. The van der Waals surface area contributed by atoms with Gasteiger partial charge in [-0.15, -0.1) is 0 Å². The number of rotatable bonds is 9. The first-order valence-electron chi connectivity index (χ1n) is 9.76. The maximum atomic E-state index is 5.97. The highest BCUT2D eigenvalue weighted by Gasteiger charge is 2.40. The zero-order valence-corrected chi connectivity index (χ0v) is 17.1. The second-order valence-corrected chi connectivity index (χ2v) is 9.10. The fraction of sp³-hybridized carbons (Fsp3) is 0.810. The molecule has 2 rings (SSSR count). The predicted octanol–water partition coefficient (Wildman–Crippen LogP) is 4.14. The highest BCUT2D eigenvalue weighted by Crippen LogP contribution is 2.39. The Balaban J connectivity index is 1.90. The van der Waals surface area contributed by atoms with Crippen molar-refractivity contribution in [2.75, 3.05) is 40.3 Å². The maximum Gasteiger partial charge on any atom is 0.107 e. The molecule has 4 nitrogen and oxygen atoms in total. The van der Waals surface area contributed by atoms with E-state index in [9.17, 15) is 0 Å². The Labute approximate surface area is 154 Å². The van der Waals surface area contributed by atoms with Gasteiger partial charge >= 0.3 is 0 Å². The van der Waals surface area contributed by atoms with Crippen LogP contribution in [-0.2, 0) is 4.74 Å². The van der Waals surface area contributed by atoms with E-state index in [1.807, 2.05) is 6.07 Å². The second-order valence-electron chi connectivity index (χ2n) is 9.10. The van der Waals surface area contributed by atoms with Gasteiger partial charge in [0.05, 0.1) is 11.9 Å². The van der Waals surface area contributed by atoms with Gasteiger partial charge in [-0.05, 0) is 71.8 Å². The van der Waals surface area contributed by atoms with Crippen molar-refractivity contribution in [3.8, 4) is 0 Å². The summed E-state index contributed by atoms with van der Waals surface area (Å²) < 4.78 is 11.6. The molecule has 0 bridgehead atoms. The summed E-state index contributed by atoms with van der Waals surface area (Å²) in [6.45, 7) is 13.1. The number of furan rings is 1. The van der Waals surface area contributed by atoms with Crippen LogP contribution in [0.3, 0.4) is 0 Å². The van der Waals surface area contributed by atoms with Gasteiger partial charge < -0.3 is 19.4 Å². The van der Waals surface area contributed by atoms with Gasteiger partial charge in [-0.2, -0.15) is 0 Å². The van der Waals surface area contributed by atoms with Crippen LogP contribution in [0.2, 0.25) is 0 Å². The van der Waals surface area contributed by atoms with Crippen molar-refractivity contribution in [1.82, 2.24) is 10.2 Å². The van der Waals surface area contributed by atoms with Crippen molar-refractivity contribution in [3.63, 3.8) is 0 Å². The quantitative estimate of drug-likeness (QED) is 0.679. The van der Waals surface area contributed by atoms with Crippen LogP contribution >= 0.6 is 0 Å². The maximum absolute atomic E-state index is 5.97. The molecular formula is C21H38N2O2. The molecule has 0 aliphatic carbocycles. The second kappa shape index (κ2) is 8.70. The van der Waals surface area contributed by atoms with Crippen LogP contribution in [0.4, 0.5) is 0 Å². The van der Waals surface area contributed by atoms with Crippen molar-refractivity contribution >= 4 is 0 Å². The Morgan fingerprint density at radius 2 is 2.04 bits per heavy atom. The molecule has 1 saturated heterocycles. The molecule has 0 aromatic carbocycles. The van der Waals surface area contributed by atoms with Crippen LogP contribution in [0.15, 0.2) is 22.8 Å². The van der Waals surface area contributed by atoms with Crippen molar-refractivity contribution in [3.05, 3.63) is 24.2 Å². The Morgan fingerprint density at radius 3 is 2.60 bits per heavy atom. The standard InChI is InChI=1S/C21H38N2O2/c1-17(2)18(19-8-7-12-24-19)9-11-22-15-21(16-23(5)6)10-13-25-20(3,4)14-21/h7-8,12,17-18,22H,9-11,13-16H2,1-6H3/t18-,21+/m0/s1. The van der Waals surface area contributed by atoms with Crippen LogP contribution in [0, 0.1) is 11.3 Å². The number of ether oxygens (including phenoxy) is 1. The molecule has 2 heterocycles. The van der Waals surface area contributed by atoms with Crippen molar-refractivity contribution in [2.24, 2.45) is 11.3 Å². The lowest BCUT2D eigenvalue weighted by Crippen LogP contribution is -2.51. The largest absolute Gasteiger partial charge is 0.469 e. The molecule has 25 heavy (non-hydrogen) atoms. The Hall–Kier alpha value is -0.840. The van der Waals surface area contributed by atoms with E-state index in [4.69, 9.17) is 9.15 Å². The summed E-state index contributed by atoms with van der Waals surface area (Å²) in [5, 5.41) is 3.76. The molecule has 0 unspecified atom stereocenters. The van der Waals surface area contributed by atoms with Gasteiger partial charge in [0.25, 0.3) is 0 Å². The lowest BCUT2D eigenvalue weighted by Gasteiger charge is -2.46. The summed E-state index contributed by atoms with van der Waals surface area (Å²) in [5.41, 5.74) is 0.272. The molecule has 1 aromatic rings. The molecule has 1 fully saturated rings. The first-order valence-corrected chi connectivity index (χ1v) is 9.76. The minimum absolute atomic E-state index is 0.0232. The van der Waals surface area contributed by atoms with E-state index in [0.29, 0.717) is 17.3 Å². The molecule has 0 spiro atoms. The monoisotopic (exact) mass is 350 g/mol. The third-order valence-corrected chi connectivity index (χ3v) is 5.42. The van der Waals surface area contributed by atoms with Gasteiger partial charge in [-0.25, -0.2) is 0 Å². The summed E-state index contributed by atoms with van der Waals surface area (Å²) in [7, 11) is 4.35. The first kappa shape index (κ1) is 20.5. The number of nitrogens with one attached hydrogen (secondary N) is 1. The zero-order chi connectivity index (χ0) is 18.5. The average Bonchev–Trinajstić information content (AvgIpc) is 2.98. The first-order chi connectivity index (χ1) is 11.7. The lowest BCUT2D eigenvalue weighted by molar-refractivity contribution is -0.109. The van der Waals surface area contributed by atoms with Crippen LogP contribution in [0.5, 0.6) is 0 Å². The van der Waals surface area contributed by atoms with E-state index in [-0.39, 0.29) is 5.60 Å². The molecular weight excluding hydrogens is 312 g/mol. The molecule has 1 aliphatic heterocycles. The van der Waals surface area contributed by atoms with E-state index in [0.717, 1.165) is 51.3 Å². The summed E-state index contributed by atoms with van der Waals surface area (Å²) in [5.74, 6) is 2.19. The average molecular weight is 351 g/mol. The zero-order valence-electron chi connectivity index (χ0n) is 17.1. The topological polar surface area (TPSA) is 37.6 Å². The molecule has 144 valence electrons. The van der Waals surface area contributed by atoms with Crippen LogP contribution in [0.25, 0.3) is 0 Å². The minimum Gasteiger partial charge on any atom is -0.469 e.